The van der Waals surface area contributed by atoms with Crippen LogP contribution in [0.5, 0.6) is 0 Å². The summed E-state index contributed by atoms with van der Waals surface area (Å²) in [6, 6.07) is 0.670. The number of hydrogen-bond acceptors (Lipinski definition) is 3. The Morgan fingerprint density at radius 1 is 1.50 bits per heavy atom. The van der Waals surface area contributed by atoms with E-state index in [9.17, 15) is 0 Å². The second-order valence-corrected chi connectivity index (χ2v) is 4.05. The lowest BCUT2D eigenvalue weighted by atomic mass is 10.0. The SMILES string of the molecule is CC(C)[C@@H]1CN2CCN=C2N1C. The Kier molecular flexibility index (Phi) is 1.74. The van der Waals surface area contributed by atoms with E-state index in [0.29, 0.717) is 6.04 Å². The maximum absolute atomic E-state index is 4.48. The van der Waals surface area contributed by atoms with Gasteiger partial charge >= 0.3 is 0 Å². The van der Waals surface area contributed by atoms with Crippen molar-refractivity contribution in [3.8, 4) is 0 Å². The zero-order chi connectivity index (χ0) is 8.72. The molecule has 0 aromatic rings. The van der Waals surface area contributed by atoms with E-state index in [0.717, 1.165) is 19.0 Å². The van der Waals surface area contributed by atoms with Crippen LogP contribution in [0, 0.1) is 5.92 Å². The van der Waals surface area contributed by atoms with Crippen molar-refractivity contribution in [2.75, 3.05) is 26.7 Å². The van der Waals surface area contributed by atoms with E-state index in [1.807, 2.05) is 0 Å². The number of nitrogens with zero attached hydrogens (tertiary/aromatic N) is 3. The van der Waals surface area contributed by atoms with Crippen LogP contribution in [0.15, 0.2) is 4.99 Å². The lowest BCUT2D eigenvalue weighted by Crippen LogP contribution is -2.34. The van der Waals surface area contributed by atoms with Crippen molar-refractivity contribution in [1.82, 2.24) is 9.80 Å². The Labute approximate surface area is 74.1 Å². The number of aliphatic imine (C=N–C) groups is 1. The minimum atomic E-state index is 0.670. The van der Waals surface area contributed by atoms with Crippen LogP contribution in [-0.4, -0.2) is 48.5 Å². The number of guanidine groups is 1. The average Bonchev–Trinajstić information content (AvgIpc) is 2.53. The highest BCUT2D eigenvalue weighted by atomic mass is 15.5. The summed E-state index contributed by atoms with van der Waals surface area (Å²) in [6.07, 6.45) is 0. The molecule has 0 saturated carbocycles. The topological polar surface area (TPSA) is 18.8 Å². The van der Waals surface area contributed by atoms with Crippen LogP contribution in [0.3, 0.4) is 0 Å². The Hall–Kier alpha value is -0.730. The fourth-order valence-corrected chi connectivity index (χ4v) is 2.13. The summed E-state index contributed by atoms with van der Waals surface area (Å²) < 4.78 is 0. The van der Waals surface area contributed by atoms with Crippen molar-refractivity contribution >= 4 is 5.96 Å². The molecule has 1 fully saturated rings. The average molecular weight is 167 g/mol. The molecule has 0 N–H and O–H groups in total. The van der Waals surface area contributed by atoms with Crippen LogP contribution in [0.4, 0.5) is 0 Å². The highest BCUT2D eigenvalue weighted by molar-refractivity contribution is 5.83. The number of fused-ring (bicyclic) bond motifs is 1. The van der Waals surface area contributed by atoms with Crippen LogP contribution >= 0.6 is 0 Å². The van der Waals surface area contributed by atoms with Gasteiger partial charge in [0.15, 0.2) is 5.96 Å². The zero-order valence-electron chi connectivity index (χ0n) is 8.12. The van der Waals surface area contributed by atoms with Gasteiger partial charge in [-0.05, 0) is 5.92 Å². The molecule has 2 aliphatic rings. The van der Waals surface area contributed by atoms with Gasteiger partial charge in [0.1, 0.15) is 0 Å². The molecule has 2 rings (SSSR count). The summed E-state index contributed by atoms with van der Waals surface area (Å²) >= 11 is 0. The Bertz CT molecular complexity index is 210. The van der Waals surface area contributed by atoms with Gasteiger partial charge < -0.3 is 9.80 Å². The summed E-state index contributed by atoms with van der Waals surface area (Å²) in [5.74, 6) is 1.94. The van der Waals surface area contributed by atoms with Crippen molar-refractivity contribution < 1.29 is 0 Å². The normalized spacial score (nSPS) is 28.3. The lowest BCUT2D eigenvalue weighted by Gasteiger charge is -2.22. The molecule has 0 aliphatic carbocycles. The molecular formula is C9H17N3. The van der Waals surface area contributed by atoms with Crippen LogP contribution in [0.1, 0.15) is 13.8 Å². The summed E-state index contributed by atoms with van der Waals surface area (Å²) in [7, 11) is 2.16. The molecule has 3 heteroatoms. The van der Waals surface area contributed by atoms with Crippen LogP contribution in [-0.2, 0) is 0 Å². The molecule has 12 heavy (non-hydrogen) atoms. The van der Waals surface area contributed by atoms with Gasteiger partial charge in [0, 0.05) is 20.1 Å². The van der Waals surface area contributed by atoms with Crippen molar-refractivity contribution in [2.45, 2.75) is 19.9 Å². The number of likely N-dealkylation sites (N-methyl/N-ethyl adjacent to an activating group) is 1. The third-order valence-electron chi connectivity index (χ3n) is 2.90. The highest BCUT2D eigenvalue weighted by Crippen LogP contribution is 2.22. The van der Waals surface area contributed by atoms with E-state index in [4.69, 9.17) is 0 Å². The van der Waals surface area contributed by atoms with Crippen molar-refractivity contribution in [3.63, 3.8) is 0 Å². The summed E-state index contributed by atoms with van der Waals surface area (Å²) in [4.78, 5) is 9.20. The molecule has 0 spiro atoms. The molecule has 1 saturated heterocycles. The molecule has 3 nitrogen and oxygen atoms in total. The van der Waals surface area contributed by atoms with Gasteiger partial charge in [-0.2, -0.15) is 0 Å². The van der Waals surface area contributed by atoms with Gasteiger partial charge in [-0.25, -0.2) is 0 Å². The molecule has 0 aromatic carbocycles. The maximum Gasteiger partial charge on any atom is 0.196 e. The predicted molar refractivity (Wildman–Crippen MR) is 50.3 cm³/mol. The van der Waals surface area contributed by atoms with E-state index >= 15 is 0 Å². The van der Waals surface area contributed by atoms with Crippen LogP contribution in [0.2, 0.25) is 0 Å². The minimum absolute atomic E-state index is 0.670. The largest absolute Gasteiger partial charge is 0.341 e. The molecule has 0 aromatic heterocycles. The van der Waals surface area contributed by atoms with Crippen molar-refractivity contribution in [3.05, 3.63) is 0 Å². The molecule has 0 unspecified atom stereocenters. The van der Waals surface area contributed by atoms with Gasteiger partial charge in [0.25, 0.3) is 0 Å². The summed E-state index contributed by atoms with van der Waals surface area (Å²) in [5, 5.41) is 0. The molecule has 0 bridgehead atoms. The molecule has 68 valence electrons. The van der Waals surface area contributed by atoms with E-state index in [2.05, 4.69) is 35.7 Å². The van der Waals surface area contributed by atoms with Crippen LogP contribution < -0.4 is 0 Å². The van der Waals surface area contributed by atoms with E-state index in [1.165, 1.54) is 12.5 Å². The van der Waals surface area contributed by atoms with Gasteiger partial charge in [0.05, 0.1) is 12.6 Å². The maximum atomic E-state index is 4.48. The third-order valence-corrected chi connectivity index (χ3v) is 2.90. The fourth-order valence-electron chi connectivity index (χ4n) is 2.13. The molecule has 0 amide bonds. The smallest absolute Gasteiger partial charge is 0.196 e. The molecule has 1 atom stereocenters. The second-order valence-electron chi connectivity index (χ2n) is 4.05. The van der Waals surface area contributed by atoms with E-state index in [-0.39, 0.29) is 0 Å². The fraction of sp³-hybridized carbons (Fsp3) is 0.889. The predicted octanol–water partition coefficient (Wildman–Crippen LogP) is 0.628. The quantitative estimate of drug-likeness (QED) is 0.570. The van der Waals surface area contributed by atoms with Gasteiger partial charge in [-0.15, -0.1) is 0 Å². The van der Waals surface area contributed by atoms with Gasteiger partial charge in [0.2, 0.25) is 0 Å². The first-order valence-corrected chi connectivity index (χ1v) is 4.72. The van der Waals surface area contributed by atoms with Crippen molar-refractivity contribution in [1.29, 1.82) is 0 Å². The van der Waals surface area contributed by atoms with Gasteiger partial charge in [-0.1, -0.05) is 13.8 Å². The first-order valence-electron chi connectivity index (χ1n) is 4.72. The first-order chi connectivity index (χ1) is 5.70. The third kappa shape index (κ3) is 0.993. The highest BCUT2D eigenvalue weighted by Gasteiger charge is 2.36. The Morgan fingerprint density at radius 2 is 2.25 bits per heavy atom. The summed E-state index contributed by atoms with van der Waals surface area (Å²) in [5.41, 5.74) is 0. The minimum Gasteiger partial charge on any atom is -0.341 e. The monoisotopic (exact) mass is 167 g/mol. The lowest BCUT2D eigenvalue weighted by molar-refractivity contribution is 0.306. The standard InChI is InChI=1S/C9H17N3/c1-7(2)8-6-12-5-4-10-9(12)11(8)3/h7-8H,4-6H2,1-3H3/t8-/m0/s1. The first kappa shape index (κ1) is 7.90. The molecule has 0 radical (unpaired) electrons. The Balaban J connectivity index is 2.15. The number of rotatable bonds is 1. The second kappa shape index (κ2) is 2.64. The molecular weight excluding hydrogens is 150 g/mol. The molecule has 2 heterocycles. The van der Waals surface area contributed by atoms with E-state index < -0.39 is 0 Å². The Morgan fingerprint density at radius 3 is 2.83 bits per heavy atom. The van der Waals surface area contributed by atoms with Gasteiger partial charge in [-0.3, -0.25) is 4.99 Å². The molecule has 2 aliphatic heterocycles. The number of hydrogen-bond donors (Lipinski definition) is 0. The zero-order valence-corrected chi connectivity index (χ0v) is 8.12. The summed E-state index contributed by atoms with van der Waals surface area (Å²) in [6.45, 7) is 7.86. The van der Waals surface area contributed by atoms with Crippen molar-refractivity contribution in [2.24, 2.45) is 10.9 Å². The van der Waals surface area contributed by atoms with Crippen LogP contribution in [0.25, 0.3) is 0 Å². The van der Waals surface area contributed by atoms with E-state index in [1.54, 1.807) is 0 Å².